The summed E-state index contributed by atoms with van der Waals surface area (Å²) in [6.45, 7) is 1.77. The van der Waals surface area contributed by atoms with Gasteiger partial charge in [0.05, 0.1) is 25.3 Å². The topological polar surface area (TPSA) is 73.1 Å². The predicted molar refractivity (Wildman–Crippen MR) is 80.4 cm³/mol. The SMILES string of the molecule is COCCN1C[C@@H](n2cc(-c3ccc(Cl)nc3)nn2)CC1=O. The van der Waals surface area contributed by atoms with Gasteiger partial charge < -0.3 is 9.64 Å². The van der Waals surface area contributed by atoms with Crippen LogP contribution in [0, 0.1) is 0 Å². The van der Waals surface area contributed by atoms with E-state index in [-0.39, 0.29) is 11.9 Å². The molecule has 1 saturated heterocycles. The van der Waals surface area contributed by atoms with Crippen LogP contribution in [0.2, 0.25) is 5.15 Å². The lowest BCUT2D eigenvalue weighted by Crippen LogP contribution is -2.29. The van der Waals surface area contributed by atoms with Gasteiger partial charge in [-0.2, -0.15) is 0 Å². The van der Waals surface area contributed by atoms with Gasteiger partial charge in [-0.3, -0.25) is 4.79 Å². The third-order valence-corrected chi connectivity index (χ3v) is 3.89. The number of aromatic nitrogens is 4. The third kappa shape index (κ3) is 3.10. The van der Waals surface area contributed by atoms with Crippen LogP contribution in [0.1, 0.15) is 12.5 Å². The summed E-state index contributed by atoms with van der Waals surface area (Å²) >= 11 is 5.78. The molecule has 8 heteroatoms. The number of hydrogen-bond donors (Lipinski definition) is 0. The van der Waals surface area contributed by atoms with Crippen LogP contribution in [0.4, 0.5) is 0 Å². The second-order valence-electron chi connectivity index (χ2n) is 5.14. The Hall–Kier alpha value is -1.99. The summed E-state index contributed by atoms with van der Waals surface area (Å²) in [5.41, 5.74) is 1.56. The van der Waals surface area contributed by atoms with Crippen molar-refractivity contribution in [3.8, 4) is 11.3 Å². The second-order valence-corrected chi connectivity index (χ2v) is 5.53. The highest BCUT2D eigenvalue weighted by Crippen LogP contribution is 2.24. The highest BCUT2D eigenvalue weighted by molar-refractivity contribution is 6.29. The average Bonchev–Trinajstić information content (AvgIpc) is 3.13. The zero-order chi connectivity index (χ0) is 15.5. The number of halogens is 1. The zero-order valence-corrected chi connectivity index (χ0v) is 12.9. The summed E-state index contributed by atoms with van der Waals surface area (Å²) in [4.78, 5) is 17.8. The van der Waals surface area contributed by atoms with Crippen molar-refractivity contribution in [2.45, 2.75) is 12.5 Å². The number of carbonyl (C=O) groups excluding carboxylic acids is 1. The normalized spacial score (nSPS) is 18.2. The standard InChI is InChI=1S/C14H16ClN5O2/c1-22-5-4-19-8-11(6-14(19)21)20-9-12(17-18-20)10-2-3-13(15)16-7-10/h2-3,7,9,11H,4-6,8H2,1H3/t11-/m0/s1. The van der Waals surface area contributed by atoms with Crippen molar-refractivity contribution in [3.63, 3.8) is 0 Å². The number of rotatable bonds is 5. The fourth-order valence-electron chi connectivity index (χ4n) is 2.46. The highest BCUT2D eigenvalue weighted by atomic mass is 35.5. The molecule has 116 valence electrons. The summed E-state index contributed by atoms with van der Waals surface area (Å²) in [5.74, 6) is 0.118. The first kappa shape index (κ1) is 14.9. The fraction of sp³-hybridized carbons (Fsp3) is 0.429. The van der Waals surface area contributed by atoms with Crippen LogP contribution in [0.5, 0.6) is 0 Å². The van der Waals surface area contributed by atoms with Gasteiger partial charge in [0, 0.05) is 32.0 Å². The Bertz CT molecular complexity index is 658. The van der Waals surface area contributed by atoms with Crippen molar-refractivity contribution in [2.75, 3.05) is 26.8 Å². The molecule has 1 aliphatic heterocycles. The van der Waals surface area contributed by atoms with Gasteiger partial charge in [-0.15, -0.1) is 5.10 Å². The van der Waals surface area contributed by atoms with E-state index in [0.717, 1.165) is 5.56 Å². The van der Waals surface area contributed by atoms with Crippen LogP contribution in [0.15, 0.2) is 24.5 Å². The van der Waals surface area contributed by atoms with Crippen molar-refractivity contribution in [1.29, 1.82) is 0 Å². The van der Waals surface area contributed by atoms with Crippen LogP contribution in [-0.2, 0) is 9.53 Å². The lowest BCUT2D eigenvalue weighted by Gasteiger charge is -2.15. The van der Waals surface area contributed by atoms with Gasteiger partial charge >= 0.3 is 0 Å². The summed E-state index contributed by atoms with van der Waals surface area (Å²) < 4.78 is 6.76. The van der Waals surface area contributed by atoms with Gasteiger partial charge in [-0.05, 0) is 12.1 Å². The van der Waals surface area contributed by atoms with Gasteiger partial charge in [-0.25, -0.2) is 9.67 Å². The summed E-state index contributed by atoms with van der Waals surface area (Å²) in [7, 11) is 1.63. The molecule has 1 amide bonds. The molecule has 2 aromatic rings. The number of methoxy groups -OCH3 is 1. The number of nitrogens with zero attached hydrogens (tertiary/aromatic N) is 5. The quantitative estimate of drug-likeness (QED) is 0.779. The van der Waals surface area contributed by atoms with E-state index in [2.05, 4.69) is 15.3 Å². The molecule has 0 bridgehead atoms. The highest BCUT2D eigenvalue weighted by Gasteiger charge is 2.31. The van der Waals surface area contributed by atoms with Crippen LogP contribution in [0.3, 0.4) is 0 Å². The minimum absolute atomic E-state index is 0.00543. The summed E-state index contributed by atoms with van der Waals surface area (Å²) in [6, 6.07) is 3.56. The smallest absolute Gasteiger partial charge is 0.224 e. The fourth-order valence-corrected chi connectivity index (χ4v) is 2.57. The molecule has 1 atom stereocenters. The van der Waals surface area contributed by atoms with Crippen molar-refractivity contribution in [1.82, 2.24) is 24.9 Å². The second kappa shape index (κ2) is 6.41. The van der Waals surface area contributed by atoms with Crippen molar-refractivity contribution in [3.05, 3.63) is 29.7 Å². The first-order chi connectivity index (χ1) is 10.7. The van der Waals surface area contributed by atoms with E-state index in [0.29, 0.717) is 37.0 Å². The van der Waals surface area contributed by atoms with E-state index < -0.39 is 0 Å². The van der Waals surface area contributed by atoms with Crippen molar-refractivity contribution >= 4 is 17.5 Å². The molecule has 0 aromatic carbocycles. The van der Waals surface area contributed by atoms with Crippen LogP contribution < -0.4 is 0 Å². The van der Waals surface area contributed by atoms with Crippen molar-refractivity contribution in [2.24, 2.45) is 0 Å². The zero-order valence-electron chi connectivity index (χ0n) is 12.1. The molecular formula is C14H16ClN5O2. The maximum atomic E-state index is 12.0. The third-order valence-electron chi connectivity index (χ3n) is 3.67. The molecule has 0 spiro atoms. The molecule has 0 N–H and O–H groups in total. The Morgan fingerprint density at radius 3 is 3.05 bits per heavy atom. The Morgan fingerprint density at radius 1 is 1.45 bits per heavy atom. The lowest BCUT2D eigenvalue weighted by molar-refractivity contribution is -0.128. The molecule has 0 aliphatic carbocycles. The molecule has 0 radical (unpaired) electrons. The minimum atomic E-state index is 0.00543. The Balaban J connectivity index is 1.72. The van der Waals surface area contributed by atoms with E-state index in [1.165, 1.54) is 0 Å². The molecule has 3 rings (SSSR count). The van der Waals surface area contributed by atoms with Crippen LogP contribution >= 0.6 is 11.6 Å². The molecule has 22 heavy (non-hydrogen) atoms. The number of pyridine rings is 1. The van der Waals surface area contributed by atoms with Gasteiger partial charge in [-0.1, -0.05) is 16.8 Å². The molecule has 0 saturated carbocycles. The van der Waals surface area contributed by atoms with Gasteiger partial charge in [0.1, 0.15) is 10.8 Å². The largest absolute Gasteiger partial charge is 0.383 e. The van der Waals surface area contributed by atoms with E-state index in [4.69, 9.17) is 16.3 Å². The summed E-state index contributed by atoms with van der Waals surface area (Å²) in [6.07, 6.45) is 3.93. The molecule has 0 unspecified atom stereocenters. The molecule has 7 nitrogen and oxygen atoms in total. The van der Waals surface area contributed by atoms with Crippen molar-refractivity contribution < 1.29 is 9.53 Å². The Labute approximate surface area is 132 Å². The van der Waals surface area contributed by atoms with Gasteiger partial charge in [0.15, 0.2) is 0 Å². The van der Waals surface area contributed by atoms with Crippen LogP contribution in [0.25, 0.3) is 11.3 Å². The molecule has 1 aliphatic rings. The first-order valence-corrected chi connectivity index (χ1v) is 7.35. The number of carbonyl (C=O) groups is 1. The maximum Gasteiger partial charge on any atom is 0.224 e. The summed E-state index contributed by atoms with van der Waals surface area (Å²) in [5, 5.41) is 8.73. The number of ether oxygens (including phenoxy) is 1. The minimum Gasteiger partial charge on any atom is -0.383 e. The Morgan fingerprint density at radius 2 is 2.32 bits per heavy atom. The van der Waals surface area contributed by atoms with E-state index in [1.807, 2.05) is 12.3 Å². The molecular weight excluding hydrogens is 306 g/mol. The number of likely N-dealkylation sites (tertiary alicyclic amines) is 1. The van der Waals surface area contributed by atoms with Gasteiger partial charge in [0.25, 0.3) is 0 Å². The first-order valence-electron chi connectivity index (χ1n) is 6.98. The van der Waals surface area contributed by atoms with E-state index in [9.17, 15) is 4.79 Å². The predicted octanol–water partition coefficient (Wildman–Crippen LogP) is 1.41. The average molecular weight is 322 g/mol. The molecule has 2 aromatic heterocycles. The monoisotopic (exact) mass is 321 g/mol. The lowest BCUT2D eigenvalue weighted by atomic mass is 10.2. The van der Waals surface area contributed by atoms with Gasteiger partial charge in [0.2, 0.25) is 5.91 Å². The maximum absolute atomic E-state index is 12.0. The van der Waals surface area contributed by atoms with Crippen LogP contribution in [-0.4, -0.2) is 57.6 Å². The molecule has 1 fully saturated rings. The van der Waals surface area contributed by atoms with E-state index >= 15 is 0 Å². The molecule has 3 heterocycles. The number of hydrogen-bond acceptors (Lipinski definition) is 5. The number of amides is 1. The van der Waals surface area contributed by atoms with E-state index in [1.54, 1.807) is 29.0 Å². The Kier molecular flexibility index (Phi) is 4.35.